The van der Waals surface area contributed by atoms with Gasteiger partial charge in [0.2, 0.25) is 5.91 Å². The molecule has 3 amide bonds. The number of hydrogen-bond donors (Lipinski definition) is 2. The normalized spacial score (nSPS) is 14.0. The quantitative estimate of drug-likeness (QED) is 0.581. The lowest BCUT2D eigenvalue weighted by molar-refractivity contribution is -0.144. The summed E-state index contributed by atoms with van der Waals surface area (Å²) in [5, 5.41) is 9.16. The number of hydrogen-bond acceptors (Lipinski definition) is 5. The average Bonchev–Trinajstić information content (AvgIpc) is 3.45. The van der Waals surface area contributed by atoms with Crippen LogP contribution < -0.4 is 10.6 Å². The maximum Gasteiger partial charge on any atom is 0.453 e. The van der Waals surface area contributed by atoms with Crippen LogP contribution in [0.4, 0.5) is 29.3 Å². The predicted octanol–water partition coefficient (Wildman–Crippen LogP) is 3.96. The summed E-state index contributed by atoms with van der Waals surface area (Å²) in [4.78, 5) is 34.4. The fourth-order valence-electron chi connectivity index (χ4n) is 3.96. The van der Waals surface area contributed by atoms with Crippen LogP contribution in [-0.2, 0) is 17.4 Å². The molecule has 3 heterocycles. The van der Waals surface area contributed by atoms with E-state index in [1.54, 1.807) is 43.0 Å². The zero-order valence-electron chi connectivity index (χ0n) is 18.7. The zero-order chi connectivity index (χ0) is 24.5. The van der Waals surface area contributed by atoms with Gasteiger partial charge >= 0.3 is 12.2 Å². The number of nitrogens with one attached hydrogen (secondary N) is 2. The Hall–Kier alpha value is -3.70. The summed E-state index contributed by atoms with van der Waals surface area (Å²) < 4.78 is 40.0. The molecule has 0 atom stereocenters. The Kier molecular flexibility index (Phi) is 6.40. The zero-order valence-corrected chi connectivity index (χ0v) is 18.7. The summed E-state index contributed by atoms with van der Waals surface area (Å²) in [5.41, 5.74) is 2.50. The number of benzene rings is 1. The van der Waals surface area contributed by atoms with Gasteiger partial charge in [0.05, 0.1) is 11.4 Å². The third-order valence-electron chi connectivity index (χ3n) is 5.74. The molecule has 1 aliphatic rings. The van der Waals surface area contributed by atoms with Gasteiger partial charge in [-0.3, -0.25) is 4.79 Å². The minimum Gasteiger partial charge on any atom is -0.325 e. The van der Waals surface area contributed by atoms with E-state index >= 15 is 0 Å². The number of fused-ring (bicyclic) bond motifs is 1. The third-order valence-corrected chi connectivity index (χ3v) is 5.74. The fraction of sp³-hybridized carbons (Fsp3) is 0.409. The number of likely N-dealkylation sites (tertiary alicyclic amines) is 1. The lowest BCUT2D eigenvalue weighted by Gasteiger charge is -2.18. The molecule has 4 rings (SSSR count). The summed E-state index contributed by atoms with van der Waals surface area (Å²) in [6.45, 7) is 4.68. The molecule has 0 aliphatic carbocycles. The summed E-state index contributed by atoms with van der Waals surface area (Å²) >= 11 is 0. The fourth-order valence-corrected chi connectivity index (χ4v) is 3.96. The molecule has 34 heavy (non-hydrogen) atoms. The second-order valence-electron chi connectivity index (χ2n) is 8.12. The van der Waals surface area contributed by atoms with E-state index < -0.39 is 12.0 Å². The van der Waals surface area contributed by atoms with Crippen molar-refractivity contribution in [2.24, 2.45) is 0 Å². The molecule has 2 aromatic heterocycles. The van der Waals surface area contributed by atoms with Crippen molar-refractivity contribution >= 4 is 29.1 Å². The van der Waals surface area contributed by atoms with Gasteiger partial charge in [-0.25, -0.2) is 14.3 Å². The Morgan fingerprint density at radius 1 is 1.03 bits per heavy atom. The molecule has 12 heteroatoms. The summed E-state index contributed by atoms with van der Waals surface area (Å²) in [7, 11) is 0. The van der Waals surface area contributed by atoms with E-state index in [9.17, 15) is 22.8 Å². The van der Waals surface area contributed by atoms with E-state index in [-0.39, 0.29) is 30.6 Å². The molecule has 3 aromatic rings. The van der Waals surface area contributed by atoms with Crippen molar-refractivity contribution < 1.29 is 22.8 Å². The Balaban J connectivity index is 1.45. The van der Waals surface area contributed by atoms with Crippen molar-refractivity contribution in [1.29, 1.82) is 0 Å². The average molecular weight is 475 g/mol. The van der Waals surface area contributed by atoms with Crippen molar-refractivity contribution in [3.63, 3.8) is 0 Å². The number of aromatic nitrogens is 4. The second kappa shape index (κ2) is 9.27. The van der Waals surface area contributed by atoms with Crippen molar-refractivity contribution in [3.8, 4) is 0 Å². The number of halogens is 3. The molecule has 0 spiro atoms. The van der Waals surface area contributed by atoms with Crippen LogP contribution in [0.3, 0.4) is 0 Å². The van der Waals surface area contributed by atoms with Crippen LogP contribution in [0.2, 0.25) is 0 Å². The predicted molar refractivity (Wildman–Crippen MR) is 118 cm³/mol. The van der Waals surface area contributed by atoms with Crippen molar-refractivity contribution in [3.05, 3.63) is 47.0 Å². The molecule has 0 saturated carbocycles. The standard InChI is InChI=1S/C22H24F3N7O2/c1-13-15(14(2)32-20(26-13)29-19(30-32)22(23,24)25)9-10-18(33)27-16-7-3-4-8-17(16)28-21(34)31-11-5-6-12-31/h3-4,7-8H,5-6,9-12H2,1-2H3,(H,27,33)(H,28,34). The van der Waals surface area contributed by atoms with Crippen LogP contribution in [0.15, 0.2) is 24.3 Å². The van der Waals surface area contributed by atoms with Crippen LogP contribution in [0, 0.1) is 13.8 Å². The highest BCUT2D eigenvalue weighted by molar-refractivity contribution is 5.99. The highest BCUT2D eigenvalue weighted by Gasteiger charge is 2.37. The lowest BCUT2D eigenvalue weighted by atomic mass is 10.1. The summed E-state index contributed by atoms with van der Waals surface area (Å²) in [5.74, 6) is -1.71. The van der Waals surface area contributed by atoms with Crippen molar-refractivity contribution in [1.82, 2.24) is 24.5 Å². The number of alkyl halides is 3. The first-order valence-corrected chi connectivity index (χ1v) is 10.9. The minimum atomic E-state index is -4.67. The van der Waals surface area contributed by atoms with Gasteiger partial charge in [0, 0.05) is 30.9 Å². The number of rotatable bonds is 5. The number of anilines is 2. The molecule has 0 radical (unpaired) electrons. The maximum atomic E-state index is 13.0. The minimum absolute atomic E-state index is 0.0596. The van der Waals surface area contributed by atoms with Gasteiger partial charge in [-0.05, 0) is 50.8 Å². The van der Waals surface area contributed by atoms with E-state index in [0.717, 1.165) is 17.4 Å². The number of carbonyl (C=O) groups excluding carboxylic acids is 2. The topological polar surface area (TPSA) is 105 Å². The monoisotopic (exact) mass is 475 g/mol. The highest BCUT2D eigenvalue weighted by atomic mass is 19.4. The van der Waals surface area contributed by atoms with Gasteiger partial charge in [0.25, 0.3) is 11.6 Å². The van der Waals surface area contributed by atoms with Gasteiger partial charge in [0.1, 0.15) is 0 Å². The largest absolute Gasteiger partial charge is 0.453 e. The molecule has 9 nitrogen and oxygen atoms in total. The third kappa shape index (κ3) is 4.95. The smallest absolute Gasteiger partial charge is 0.325 e. The number of aryl methyl sites for hydroxylation is 2. The van der Waals surface area contributed by atoms with Crippen LogP contribution >= 0.6 is 0 Å². The molecular formula is C22H24F3N7O2. The molecule has 1 aliphatic heterocycles. The van der Waals surface area contributed by atoms with Gasteiger partial charge < -0.3 is 15.5 Å². The Morgan fingerprint density at radius 2 is 1.68 bits per heavy atom. The van der Waals surface area contributed by atoms with E-state index in [2.05, 4.69) is 25.7 Å². The molecule has 0 bridgehead atoms. The number of amides is 3. The first-order chi connectivity index (χ1) is 16.1. The second-order valence-corrected chi connectivity index (χ2v) is 8.12. The molecule has 2 N–H and O–H groups in total. The van der Waals surface area contributed by atoms with Gasteiger partial charge in [-0.15, -0.1) is 5.10 Å². The number of para-hydroxylation sites is 2. The van der Waals surface area contributed by atoms with Gasteiger partial charge in [-0.1, -0.05) is 12.1 Å². The van der Waals surface area contributed by atoms with E-state index in [1.165, 1.54) is 0 Å². The Morgan fingerprint density at radius 3 is 2.32 bits per heavy atom. The molecule has 1 aromatic carbocycles. The molecule has 0 unspecified atom stereocenters. The van der Waals surface area contributed by atoms with E-state index in [0.29, 0.717) is 41.4 Å². The van der Waals surface area contributed by atoms with Crippen LogP contribution in [0.25, 0.3) is 5.78 Å². The first kappa shape index (κ1) is 23.5. The number of carbonyl (C=O) groups is 2. The molecular weight excluding hydrogens is 451 g/mol. The molecule has 1 fully saturated rings. The summed E-state index contributed by atoms with van der Waals surface area (Å²) in [6.07, 6.45) is -2.43. The van der Waals surface area contributed by atoms with Gasteiger partial charge in [-0.2, -0.15) is 18.2 Å². The Labute approximate surface area is 193 Å². The van der Waals surface area contributed by atoms with E-state index in [1.807, 2.05) is 0 Å². The highest BCUT2D eigenvalue weighted by Crippen LogP contribution is 2.27. The number of nitrogens with zero attached hydrogens (tertiary/aromatic N) is 5. The SMILES string of the molecule is Cc1nc2nc(C(F)(F)F)nn2c(C)c1CCC(=O)Nc1ccccc1NC(=O)N1CCCC1. The van der Waals surface area contributed by atoms with Crippen LogP contribution in [0.1, 0.15) is 42.0 Å². The van der Waals surface area contributed by atoms with E-state index in [4.69, 9.17) is 0 Å². The molecule has 180 valence electrons. The van der Waals surface area contributed by atoms with Crippen LogP contribution in [0.5, 0.6) is 0 Å². The maximum absolute atomic E-state index is 13.0. The van der Waals surface area contributed by atoms with Crippen molar-refractivity contribution in [2.45, 2.75) is 45.7 Å². The van der Waals surface area contributed by atoms with Gasteiger partial charge in [0.15, 0.2) is 0 Å². The first-order valence-electron chi connectivity index (χ1n) is 10.9. The number of urea groups is 1. The van der Waals surface area contributed by atoms with Crippen LogP contribution in [-0.4, -0.2) is 49.5 Å². The van der Waals surface area contributed by atoms with Crippen molar-refractivity contribution in [2.75, 3.05) is 23.7 Å². The molecule has 1 saturated heterocycles. The summed E-state index contributed by atoms with van der Waals surface area (Å²) in [6, 6.07) is 6.69. The lowest BCUT2D eigenvalue weighted by Crippen LogP contribution is -2.32. The Bertz CT molecular complexity index is 1230.